The molecule has 0 unspecified atom stereocenters. The highest BCUT2D eigenvalue weighted by Crippen LogP contribution is 2.66. The molecule has 0 aromatic heterocycles. The predicted molar refractivity (Wildman–Crippen MR) is 271 cm³/mol. The van der Waals surface area contributed by atoms with Crippen LogP contribution in [0.5, 0.6) is 0 Å². The topological polar surface area (TPSA) is 3.24 Å². The first-order valence-electron chi connectivity index (χ1n) is 29.7. The first kappa shape index (κ1) is 24.9. The fraction of sp³-hybridized carbons (Fsp3) is 0.0769. The molecule has 0 fully saturated rings. The maximum absolute atomic E-state index is 10.4. The van der Waals surface area contributed by atoms with Crippen LogP contribution in [0.2, 0.25) is 0 Å². The summed E-state index contributed by atoms with van der Waals surface area (Å²) in [7, 11) is 0. The minimum absolute atomic E-state index is 0.0872. The first-order chi connectivity index (χ1) is 38.7. The lowest BCUT2D eigenvalue weighted by atomic mass is 9.70. The summed E-state index contributed by atoms with van der Waals surface area (Å²) in [6.07, 6.45) is 0. The minimum Gasteiger partial charge on any atom is -0.310 e. The van der Waals surface area contributed by atoms with Crippen molar-refractivity contribution in [3.05, 3.63) is 280 Å². The van der Waals surface area contributed by atoms with E-state index in [2.05, 4.69) is 68.4 Å². The third-order valence-electron chi connectivity index (χ3n) is 15.2. The minimum atomic E-state index is -2.51. The molecule has 1 nitrogen and oxygen atoms in total. The highest BCUT2D eigenvalue weighted by Gasteiger charge is 2.54. The molecule has 15 rings (SSSR count). The van der Waals surface area contributed by atoms with E-state index in [0.29, 0.717) is 11.4 Å². The Morgan fingerprint density at radius 1 is 0.318 bits per heavy atom. The normalized spacial score (nSPS) is 18.7. The van der Waals surface area contributed by atoms with E-state index in [9.17, 15) is 17.8 Å². The van der Waals surface area contributed by atoms with Gasteiger partial charge >= 0.3 is 0 Å². The van der Waals surface area contributed by atoms with Gasteiger partial charge in [0.05, 0.1) is 37.1 Å². The van der Waals surface area contributed by atoms with Crippen LogP contribution in [-0.2, 0) is 16.2 Å². The molecule has 5 aliphatic carbocycles. The van der Waals surface area contributed by atoms with Crippen molar-refractivity contribution in [3.63, 3.8) is 0 Å². The summed E-state index contributed by atoms with van der Waals surface area (Å²) in [6.45, 7) is 4.27. The van der Waals surface area contributed by atoms with E-state index in [1.54, 1.807) is 0 Å². The average molecular weight is 853 g/mol. The van der Waals surface area contributed by atoms with E-state index in [4.69, 9.17) is 2.74 Å². The van der Waals surface area contributed by atoms with E-state index in [-0.39, 0.29) is 50.2 Å². The number of fused-ring (bicyclic) bond motifs is 23. The molecule has 0 atom stereocenters. The molecule has 0 heterocycles. The molecule has 0 saturated heterocycles. The van der Waals surface area contributed by atoms with Gasteiger partial charge in [-0.1, -0.05) is 208 Å². The van der Waals surface area contributed by atoms with Crippen LogP contribution in [0.4, 0.5) is 17.1 Å². The van der Waals surface area contributed by atoms with Gasteiger partial charge in [-0.2, -0.15) is 0 Å². The largest absolute Gasteiger partial charge is 0.310 e. The molecule has 0 amide bonds. The molecule has 0 N–H and O–H groups in total. The average Bonchev–Trinajstić information content (AvgIpc) is 1.61. The van der Waals surface area contributed by atoms with Crippen LogP contribution in [0, 0.1) is 0 Å². The zero-order valence-electron chi connectivity index (χ0n) is 50.6. The Labute approximate surface area is 407 Å². The second kappa shape index (κ2) is 12.6. The van der Waals surface area contributed by atoms with E-state index >= 15 is 0 Å². The first-order valence-corrected chi connectivity index (χ1v) is 22.2. The molecule has 1 heteroatoms. The number of hydrogen-bond donors (Lipinski definition) is 0. The van der Waals surface area contributed by atoms with Crippen LogP contribution in [0.25, 0.3) is 55.6 Å². The van der Waals surface area contributed by atoms with Crippen molar-refractivity contribution in [1.29, 1.82) is 0 Å². The molecule has 66 heavy (non-hydrogen) atoms. The lowest BCUT2D eigenvalue weighted by molar-refractivity contribution is 0.660. The van der Waals surface area contributed by atoms with E-state index in [1.165, 1.54) is 0 Å². The van der Waals surface area contributed by atoms with Gasteiger partial charge in [-0.15, -0.1) is 0 Å². The zero-order chi connectivity index (χ0) is 56.6. The van der Waals surface area contributed by atoms with Crippen molar-refractivity contribution in [1.82, 2.24) is 0 Å². The van der Waals surface area contributed by atoms with Crippen molar-refractivity contribution < 1.29 is 20.6 Å². The fourth-order valence-corrected chi connectivity index (χ4v) is 12.6. The van der Waals surface area contributed by atoms with Gasteiger partial charge in [0.15, 0.2) is 0 Å². The molecule has 308 valence electrons. The Morgan fingerprint density at radius 2 is 0.712 bits per heavy atom. The van der Waals surface area contributed by atoms with Gasteiger partial charge in [0, 0.05) is 22.4 Å². The third kappa shape index (κ3) is 4.19. The SMILES string of the molecule is [2H]c1c([2H])c([2H])c2c(c1[2H])-c1c([2H])c([2H])c([2H])c([2H])c1C21c2c([2H])c([2H])c([2H])c([2H])c2-c2c(N(c3ccc4c(c3)C(C)(C)c3ccccc3-4)c3ccc4c(c3)C3(c5ccccc5-c5ccccc53)c3ccccc3-4)c([2H])c([2H])c([2H])c21. The van der Waals surface area contributed by atoms with Crippen LogP contribution in [-0.4, -0.2) is 0 Å². The molecule has 2 spiro atoms. The van der Waals surface area contributed by atoms with Crippen LogP contribution in [0.15, 0.2) is 224 Å². The quantitative estimate of drug-likeness (QED) is 0.171. The van der Waals surface area contributed by atoms with Crippen molar-refractivity contribution in [2.24, 2.45) is 0 Å². The van der Waals surface area contributed by atoms with Crippen LogP contribution >= 0.6 is 0 Å². The summed E-state index contributed by atoms with van der Waals surface area (Å²) in [5, 5.41) is 0. The van der Waals surface area contributed by atoms with Gasteiger partial charge in [0.1, 0.15) is 0 Å². The molecule has 0 radical (unpaired) electrons. The molecular weight excluding hydrogens is 795 g/mol. The van der Waals surface area contributed by atoms with Gasteiger partial charge in [-0.3, -0.25) is 0 Å². The van der Waals surface area contributed by atoms with Crippen molar-refractivity contribution in [3.8, 4) is 55.6 Å². The third-order valence-corrected chi connectivity index (χ3v) is 15.2. The summed E-state index contributed by atoms with van der Waals surface area (Å²) < 4.78 is 144. The summed E-state index contributed by atoms with van der Waals surface area (Å²) in [5.41, 5.74) is 6.85. The van der Waals surface area contributed by atoms with Gasteiger partial charge in [-0.25, -0.2) is 0 Å². The molecule has 0 bridgehead atoms. The van der Waals surface area contributed by atoms with Crippen LogP contribution in [0.1, 0.15) is 90.0 Å². The van der Waals surface area contributed by atoms with Crippen molar-refractivity contribution in [2.45, 2.75) is 30.1 Å². The highest BCUT2D eigenvalue weighted by molar-refractivity contribution is 6.03. The number of benzene rings is 10. The smallest absolute Gasteiger partial charge is 0.0726 e. The Hall–Kier alpha value is -8.00. The Balaban J connectivity index is 1.14. The van der Waals surface area contributed by atoms with E-state index in [1.807, 2.05) is 83.8 Å². The molecule has 10 aromatic carbocycles. The predicted octanol–water partition coefficient (Wildman–Crippen LogP) is 16.1. The van der Waals surface area contributed by atoms with Gasteiger partial charge in [0.25, 0.3) is 0 Å². The molecule has 0 saturated carbocycles. The van der Waals surface area contributed by atoms with Gasteiger partial charge in [-0.05, 0) is 136 Å². The second-order valence-electron chi connectivity index (χ2n) is 18.3. The summed E-state index contributed by atoms with van der Waals surface area (Å²) in [4.78, 5) is 1.81. The lowest BCUT2D eigenvalue weighted by Gasteiger charge is -2.34. The maximum atomic E-state index is 10.4. The summed E-state index contributed by atoms with van der Waals surface area (Å²) in [6, 6.07) is 35.0. The van der Waals surface area contributed by atoms with Gasteiger partial charge in [0.2, 0.25) is 0 Å². The standard InChI is InChI=1S/C65H43N/c1-63(2)51-25-10-3-18-42(51)48-36-34-40(38-59(48)63)66(41-35-37-49-47-23-8-15-30-56(47)65(60(49)39-41)54-28-13-6-21-45(54)46-22-7-14-29-55(46)65)61-33-17-32-58-62(61)50-24-9-16-31-57(50)64(58)52-26-11-4-19-43(52)44-20-5-12-27-53(44)64/h3-39H,1-2H3/i4D,5D,9D,11D,12D,16D,17D,19D,20D,24D,26D,27D,31D,32D,33D. The second-order valence-corrected chi connectivity index (χ2v) is 18.3. The van der Waals surface area contributed by atoms with Gasteiger partial charge < -0.3 is 4.90 Å². The Morgan fingerprint density at radius 3 is 1.27 bits per heavy atom. The number of anilines is 3. The van der Waals surface area contributed by atoms with Crippen molar-refractivity contribution >= 4 is 17.1 Å². The Bertz CT molecular complexity index is 4520. The monoisotopic (exact) mass is 852 g/mol. The number of rotatable bonds is 3. The zero-order valence-corrected chi connectivity index (χ0v) is 35.6. The molecule has 5 aliphatic rings. The molecular formula is C65H43N. The van der Waals surface area contributed by atoms with E-state index in [0.717, 1.165) is 66.8 Å². The molecule has 0 aliphatic heterocycles. The molecule has 10 aromatic rings. The highest BCUT2D eigenvalue weighted by atomic mass is 15.1. The maximum Gasteiger partial charge on any atom is 0.0726 e. The summed E-state index contributed by atoms with van der Waals surface area (Å²) >= 11 is 0. The lowest BCUT2D eigenvalue weighted by Crippen LogP contribution is -2.26. The van der Waals surface area contributed by atoms with Crippen LogP contribution in [0.3, 0.4) is 0 Å². The fourth-order valence-electron chi connectivity index (χ4n) is 12.6. The number of hydrogen-bond acceptors (Lipinski definition) is 1. The van der Waals surface area contributed by atoms with Crippen molar-refractivity contribution in [2.75, 3.05) is 4.90 Å². The number of nitrogens with zero attached hydrogens (tertiary/aromatic N) is 1. The van der Waals surface area contributed by atoms with E-state index < -0.39 is 107 Å². The summed E-state index contributed by atoms with van der Waals surface area (Å²) in [5.74, 6) is 0. The van der Waals surface area contributed by atoms with Crippen LogP contribution < -0.4 is 4.90 Å². The Kier molecular flexibility index (Phi) is 4.76.